The van der Waals surface area contributed by atoms with Gasteiger partial charge in [0.15, 0.2) is 0 Å². The number of nitrogens with one attached hydrogen (secondary N) is 1. The standard InChI is InChI=1S/C15H17N3O3/c1-3-21-15(19)12-5-4-8-16-14(12)18-10-11-6-7-13(20-2)17-9-11/h4-9H,3,10H2,1-2H3,(H,16,18). The average Bonchev–Trinajstić information content (AvgIpc) is 2.54. The topological polar surface area (TPSA) is 73.3 Å². The van der Waals surface area contributed by atoms with Crippen molar-refractivity contribution < 1.29 is 14.3 Å². The number of anilines is 1. The zero-order valence-corrected chi connectivity index (χ0v) is 12.0. The molecule has 6 nitrogen and oxygen atoms in total. The molecule has 0 saturated carbocycles. The predicted octanol–water partition coefficient (Wildman–Crippen LogP) is 2.27. The first-order valence-electron chi connectivity index (χ1n) is 6.59. The summed E-state index contributed by atoms with van der Waals surface area (Å²) < 4.78 is 10.0. The van der Waals surface area contributed by atoms with Gasteiger partial charge in [-0.15, -0.1) is 0 Å². The SMILES string of the molecule is CCOC(=O)c1cccnc1NCc1ccc(OC)nc1. The Morgan fingerprint density at radius 1 is 1.29 bits per heavy atom. The summed E-state index contributed by atoms with van der Waals surface area (Å²) in [4.78, 5) is 20.1. The Bertz CT molecular complexity index is 599. The Labute approximate surface area is 123 Å². The van der Waals surface area contributed by atoms with E-state index in [-0.39, 0.29) is 5.97 Å². The molecular formula is C15H17N3O3. The van der Waals surface area contributed by atoms with Gasteiger partial charge >= 0.3 is 5.97 Å². The van der Waals surface area contributed by atoms with Crippen LogP contribution in [0, 0.1) is 0 Å². The van der Waals surface area contributed by atoms with E-state index < -0.39 is 0 Å². The number of carbonyl (C=O) groups excluding carboxylic acids is 1. The van der Waals surface area contributed by atoms with E-state index in [0.29, 0.717) is 30.4 Å². The fourth-order valence-electron chi connectivity index (χ4n) is 1.74. The minimum absolute atomic E-state index is 0.329. The van der Waals surface area contributed by atoms with Gasteiger partial charge in [-0.05, 0) is 24.6 Å². The largest absolute Gasteiger partial charge is 0.481 e. The van der Waals surface area contributed by atoms with Crippen molar-refractivity contribution >= 4 is 11.8 Å². The van der Waals surface area contributed by atoms with Crippen LogP contribution in [0.1, 0.15) is 22.8 Å². The first kappa shape index (κ1) is 14.8. The molecule has 0 bridgehead atoms. The van der Waals surface area contributed by atoms with Crippen molar-refractivity contribution in [3.8, 4) is 5.88 Å². The van der Waals surface area contributed by atoms with Gasteiger partial charge < -0.3 is 14.8 Å². The number of hydrogen-bond acceptors (Lipinski definition) is 6. The Morgan fingerprint density at radius 2 is 2.14 bits per heavy atom. The highest BCUT2D eigenvalue weighted by Gasteiger charge is 2.12. The maximum Gasteiger partial charge on any atom is 0.341 e. The van der Waals surface area contributed by atoms with Gasteiger partial charge in [-0.3, -0.25) is 0 Å². The van der Waals surface area contributed by atoms with Crippen molar-refractivity contribution in [3.63, 3.8) is 0 Å². The molecule has 6 heteroatoms. The Balaban J connectivity index is 2.07. The van der Waals surface area contributed by atoms with Crippen LogP contribution in [0.5, 0.6) is 5.88 Å². The minimum atomic E-state index is -0.388. The van der Waals surface area contributed by atoms with Gasteiger partial charge in [0.2, 0.25) is 5.88 Å². The first-order chi connectivity index (χ1) is 10.2. The molecule has 2 rings (SSSR count). The number of ether oxygens (including phenoxy) is 2. The predicted molar refractivity (Wildman–Crippen MR) is 78.3 cm³/mol. The van der Waals surface area contributed by atoms with Gasteiger partial charge in [0.05, 0.1) is 13.7 Å². The fraction of sp³-hybridized carbons (Fsp3) is 0.267. The number of aromatic nitrogens is 2. The van der Waals surface area contributed by atoms with Crippen LogP contribution < -0.4 is 10.1 Å². The molecule has 2 aromatic rings. The van der Waals surface area contributed by atoms with Gasteiger partial charge in [-0.2, -0.15) is 0 Å². The number of esters is 1. The normalized spacial score (nSPS) is 10.0. The third-order valence-electron chi connectivity index (χ3n) is 2.77. The summed E-state index contributed by atoms with van der Waals surface area (Å²) in [6, 6.07) is 7.06. The highest BCUT2D eigenvalue weighted by molar-refractivity contribution is 5.94. The number of carbonyl (C=O) groups is 1. The Morgan fingerprint density at radius 3 is 2.81 bits per heavy atom. The number of pyridine rings is 2. The van der Waals surface area contributed by atoms with Gasteiger partial charge in [0.25, 0.3) is 0 Å². The summed E-state index contributed by atoms with van der Waals surface area (Å²) in [7, 11) is 1.57. The van der Waals surface area contributed by atoms with Crippen molar-refractivity contribution in [3.05, 3.63) is 47.8 Å². The molecule has 110 valence electrons. The summed E-state index contributed by atoms with van der Waals surface area (Å²) in [5.41, 5.74) is 1.37. The van der Waals surface area contributed by atoms with E-state index >= 15 is 0 Å². The number of methoxy groups -OCH3 is 1. The number of nitrogens with zero attached hydrogens (tertiary/aromatic N) is 2. The van der Waals surface area contributed by atoms with Crippen molar-refractivity contribution in [1.82, 2.24) is 9.97 Å². The van der Waals surface area contributed by atoms with Crippen LogP contribution in [-0.2, 0) is 11.3 Å². The second kappa shape index (κ2) is 7.23. The molecule has 0 spiro atoms. The summed E-state index contributed by atoms with van der Waals surface area (Å²) in [5, 5.41) is 3.11. The average molecular weight is 287 g/mol. The molecule has 0 atom stereocenters. The molecular weight excluding hydrogens is 270 g/mol. The molecule has 0 radical (unpaired) electrons. The van der Waals surface area contributed by atoms with Crippen molar-refractivity contribution in [2.45, 2.75) is 13.5 Å². The lowest BCUT2D eigenvalue weighted by Crippen LogP contribution is -2.11. The van der Waals surface area contributed by atoms with Crippen LogP contribution in [0.25, 0.3) is 0 Å². The summed E-state index contributed by atoms with van der Waals surface area (Å²) in [5.74, 6) is 0.663. The highest BCUT2D eigenvalue weighted by atomic mass is 16.5. The van der Waals surface area contributed by atoms with Gasteiger partial charge in [-0.1, -0.05) is 6.07 Å². The molecule has 0 amide bonds. The van der Waals surface area contributed by atoms with E-state index in [1.54, 1.807) is 44.6 Å². The van der Waals surface area contributed by atoms with Crippen LogP contribution in [0.3, 0.4) is 0 Å². The van der Waals surface area contributed by atoms with Crippen LogP contribution in [0.4, 0.5) is 5.82 Å². The monoisotopic (exact) mass is 287 g/mol. The lowest BCUT2D eigenvalue weighted by molar-refractivity contribution is 0.0527. The van der Waals surface area contributed by atoms with Crippen LogP contribution in [0.2, 0.25) is 0 Å². The van der Waals surface area contributed by atoms with E-state index in [0.717, 1.165) is 5.56 Å². The molecule has 1 N–H and O–H groups in total. The summed E-state index contributed by atoms with van der Waals surface area (Å²) in [6.07, 6.45) is 3.33. The van der Waals surface area contributed by atoms with E-state index in [4.69, 9.17) is 9.47 Å². The number of hydrogen-bond donors (Lipinski definition) is 1. The second-order valence-electron chi connectivity index (χ2n) is 4.18. The molecule has 0 saturated heterocycles. The third kappa shape index (κ3) is 3.92. The van der Waals surface area contributed by atoms with Crippen LogP contribution in [-0.4, -0.2) is 29.7 Å². The summed E-state index contributed by atoms with van der Waals surface area (Å²) in [6.45, 7) is 2.60. The fourth-order valence-corrected chi connectivity index (χ4v) is 1.74. The number of rotatable bonds is 6. The first-order valence-corrected chi connectivity index (χ1v) is 6.59. The second-order valence-corrected chi connectivity index (χ2v) is 4.18. The minimum Gasteiger partial charge on any atom is -0.481 e. The van der Waals surface area contributed by atoms with Crippen molar-refractivity contribution in [2.24, 2.45) is 0 Å². The quantitative estimate of drug-likeness (QED) is 0.822. The highest BCUT2D eigenvalue weighted by Crippen LogP contribution is 2.15. The van der Waals surface area contributed by atoms with Gasteiger partial charge in [0, 0.05) is 25.0 Å². The van der Waals surface area contributed by atoms with Gasteiger partial charge in [0.1, 0.15) is 11.4 Å². The molecule has 0 aliphatic rings. The molecule has 0 aromatic carbocycles. The molecule has 2 heterocycles. The summed E-state index contributed by atoms with van der Waals surface area (Å²) >= 11 is 0. The van der Waals surface area contributed by atoms with Crippen LogP contribution in [0.15, 0.2) is 36.7 Å². The molecule has 0 aliphatic carbocycles. The zero-order chi connectivity index (χ0) is 15.1. The maximum atomic E-state index is 11.8. The van der Waals surface area contributed by atoms with E-state index in [1.807, 2.05) is 6.07 Å². The lowest BCUT2D eigenvalue weighted by atomic mass is 10.2. The van der Waals surface area contributed by atoms with E-state index in [1.165, 1.54) is 0 Å². The molecule has 0 aliphatic heterocycles. The van der Waals surface area contributed by atoms with E-state index in [9.17, 15) is 4.79 Å². The zero-order valence-electron chi connectivity index (χ0n) is 12.0. The molecule has 21 heavy (non-hydrogen) atoms. The van der Waals surface area contributed by atoms with Crippen LogP contribution >= 0.6 is 0 Å². The smallest absolute Gasteiger partial charge is 0.341 e. The molecule has 0 unspecified atom stereocenters. The Hall–Kier alpha value is -2.63. The van der Waals surface area contributed by atoms with Gasteiger partial charge in [-0.25, -0.2) is 14.8 Å². The van der Waals surface area contributed by atoms with Crippen molar-refractivity contribution in [2.75, 3.05) is 19.0 Å². The molecule has 2 aromatic heterocycles. The Kier molecular flexibility index (Phi) is 5.09. The lowest BCUT2D eigenvalue weighted by Gasteiger charge is -2.10. The molecule has 0 fully saturated rings. The van der Waals surface area contributed by atoms with Crippen molar-refractivity contribution in [1.29, 1.82) is 0 Å². The maximum absolute atomic E-state index is 11.8. The van der Waals surface area contributed by atoms with E-state index in [2.05, 4.69) is 15.3 Å². The third-order valence-corrected chi connectivity index (χ3v) is 2.77.